The van der Waals surface area contributed by atoms with Crippen LogP contribution in [0.25, 0.3) is 89.4 Å². The molecule has 4 heterocycles. The fraction of sp³-hybridized carbons (Fsp3) is 0. The van der Waals surface area contributed by atoms with E-state index in [1.54, 1.807) is 0 Å². The molecule has 0 atom stereocenters. The predicted molar refractivity (Wildman–Crippen MR) is 206 cm³/mol. The van der Waals surface area contributed by atoms with Gasteiger partial charge in [0.05, 0.1) is 11.1 Å². The Morgan fingerprint density at radius 1 is 0.327 bits per heavy atom. The van der Waals surface area contributed by atoms with Gasteiger partial charge < -0.3 is 8.83 Å². The SMILES string of the molecule is Clc1nc(-c2ccccc2)nc(-c2cccc3c2oc2ccccc23)n1.Clc1nc(-c2ccccc2)nc(-c2cccc3c2oc2ccccc23)n1. The number of furan rings is 2. The lowest BCUT2D eigenvalue weighted by Gasteiger charge is -2.05. The maximum Gasteiger partial charge on any atom is 0.226 e. The lowest BCUT2D eigenvalue weighted by Crippen LogP contribution is -1.97. The fourth-order valence-corrected chi connectivity index (χ4v) is 6.54. The van der Waals surface area contributed by atoms with Crippen LogP contribution in [0.5, 0.6) is 0 Å². The second-order valence-corrected chi connectivity index (χ2v) is 12.5. The van der Waals surface area contributed by atoms with Crippen LogP contribution in [0.3, 0.4) is 0 Å². The van der Waals surface area contributed by atoms with Crippen LogP contribution >= 0.6 is 23.2 Å². The molecular formula is C42H24Cl2N6O2. The van der Waals surface area contributed by atoms with E-state index in [-0.39, 0.29) is 10.6 Å². The van der Waals surface area contributed by atoms with Crippen LogP contribution in [0.15, 0.2) is 154 Å². The molecule has 0 N–H and O–H groups in total. The first-order valence-corrected chi connectivity index (χ1v) is 17.1. The summed E-state index contributed by atoms with van der Waals surface area (Å²) in [6.07, 6.45) is 0. The highest BCUT2D eigenvalue weighted by Crippen LogP contribution is 2.36. The van der Waals surface area contributed by atoms with Gasteiger partial charge in [0.25, 0.3) is 0 Å². The number of para-hydroxylation sites is 4. The summed E-state index contributed by atoms with van der Waals surface area (Å²) in [5, 5.41) is 4.48. The Kier molecular flexibility index (Phi) is 8.08. The molecule has 0 radical (unpaired) electrons. The molecule has 6 aromatic carbocycles. The van der Waals surface area contributed by atoms with Crippen molar-refractivity contribution >= 4 is 67.1 Å². The Hall–Kier alpha value is -6.48. The molecule has 4 aromatic heterocycles. The molecule has 0 aliphatic heterocycles. The first-order chi connectivity index (χ1) is 25.6. The molecular weight excluding hydrogens is 691 g/mol. The van der Waals surface area contributed by atoms with Crippen LogP contribution in [0.2, 0.25) is 10.6 Å². The Bertz CT molecular complexity index is 2700. The lowest BCUT2D eigenvalue weighted by molar-refractivity contribution is 0.669. The van der Waals surface area contributed by atoms with Crippen molar-refractivity contribution in [1.82, 2.24) is 29.9 Å². The molecule has 10 rings (SSSR count). The molecule has 0 fully saturated rings. The van der Waals surface area contributed by atoms with E-state index < -0.39 is 0 Å². The van der Waals surface area contributed by atoms with Crippen molar-refractivity contribution in [2.45, 2.75) is 0 Å². The highest BCUT2D eigenvalue weighted by molar-refractivity contribution is 6.28. The minimum Gasteiger partial charge on any atom is -0.455 e. The molecule has 0 aliphatic rings. The summed E-state index contributed by atoms with van der Waals surface area (Å²) in [5.74, 6) is 2.06. The molecule has 0 saturated heterocycles. The first-order valence-electron chi connectivity index (χ1n) is 16.3. The van der Waals surface area contributed by atoms with E-state index in [1.165, 1.54) is 0 Å². The van der Waals surface area contributed by atoms with Crippen molar-refractivity contribution < 1.29 is 8.83 Å². The van der Waals surface area contributed by atoms with Gasteiger partial charge >= 0.3 is 0 Å². The van der Waals surface area contributed by atoms with Crippen LogP contribution in [0.1, 0.15) is 0 Å². The number of halogens is 2. The van der Waals surface area contributed by atoms with Crippen molar-refractivity contribution in [3.63, 3.8) is 0 Å². The van der Waals surface area contributed by atoms with Crippen LogP contribution in [-0.2, 0) is 0 Å². The third-order valence-electron chi connectivity index (χ3n) is 8.57. The smallest absolute Gasteiger partial charge is 0.226 e. The standard InChI is InChI=1S/2C21H12ClN3O/c2*22-21-24-19(13-7-2-1-3-8-13)23-20(25-21)16-11-6-10-15-14-9-4-5-12-17(14)26-18(15)16/h2*1-12H. The van der Waals surface area contributed by atoms with Gasteiger partial charge in [-0.2, -0.15) is 19.9 Å². The quantitative estimate of drug-likeness (QED) is 0.177. The number of rotatable bonds is 4. The summed E-state index contributed by atoms with van der Waals surface area (Å²) >= 11 is 12.4. The molecule has 248 valence electrons. The zero-order valence-electron chi connectivity index (χ0n) is 27.1. The minimum atomic E-state index is 0.155. The second kappa shape index (κ2) is 13.3. The van der Waals surface area contributed by atoms with Crippen molar-refractivity contribution in [2.24, 2.45) is 0 Å². The maximum absolute atomic E-state index is 6.19. The number of benzene rings is 6. The fourth-order valence-electron chi connectivity index (χ4n) is 6.22. The zero-order chi connectivity index (χ0) is 35.0. The second-order valence-electron chi connectivity index (χ2n) is 11.8. The lowest BCUT2D eigenvalue weighted by atomic mass is 10.1. The average Bonchev–Trinajstić information content (AvgIpc) is 3.77. The van der Waals surface area contributed by atoms with E-state index in [0.29, 0.717) is 23.3 Å². The highest BCUT2D eigenvalue weighted by Gasteiger charge is 2.17. The third kappa shape index (κ3) is 5.90. The Morgan fingerprint density at radius 2 is 0.692 bits per heavy atom. The summed E-state index contributed by atoms with van der Waals surface area (Å²) in [6, 6.07) is 47.2. The summed E-state index contributed by atoms with van der Waals surface area (Å²) in [4.78, 5) is 26.5. The van der Waals surface area contributed by atoms with Gasteiger partial charge in [0.2, 0.25) is 10.6 Å². The number of fused-ring (bicyclic) bond motifs is 6. The van der Waals surface area contributed by atoms with E-state index in [2.05, 4.69) is 29.9 Å². The van der Waals surface area contributed by atoms with Crippen molar-refractivity contribution in [2.75, 3.05) is 0 Å². The van der Waals surface area contributed by atoms with Gasteiger partial charge in [0, 0.05) is 32.7 Å². The van der Waals surface area contributed by atoms with Gasteiger partial charge in [-0.25, -0.2) is 9.97 Å². The molecule has 0 aliphatic carbocycles. The average molecular weight is 716 g/mol. The largest absolute Gasteiger partial charge is 0.455 e. The molecule has 0 bridgehead atoms. The first kappa shape index (κ1) is 31.5. The number of hydrogen-bond acceptors (Lipinski definition) is 8. The summed E-state index contributed by atoms with van der Waals surface area (Å²) in [5.41, 5.74) is 6.51. The van der Waals surface area contributed by atoms with Crippen LogP contribution in [0.4, 0.5) is 0 Å². The molecule has 0 unspecified atom stereocenters. The molecule has 0 spiro atoms. The molecule has 0 amide bonds. The van der Waals surface area contributed by atoms with Crippen LogP contribution in [-0.4, -0.2) is 29.9 Å². The monoisotopic (exact) mass is 714 g/mol. The normalized spacial score (nSPS) is 11.3. The van der Waals surface area contributed by atoms with E-state index >= 15 is 0 Å². The molecule has 52 heavy (non-hydrogen) atoms. The van der Waals surface area contributed by atoms with E-state index in [0.717, 1.165) is 66.1 Å². The van der Waals surface area contributed by atoms with E-state index in [4.69, 9.17) is 32.0 Å². The molecule has 8 nitrogen and oxygen atoms in total. The topological polar surface area (TPSA) is 104 Å². The Morgan fingerprint density at radius 3 is 1.13 bits per heavy atom. The molecule has 0 saturated carbocycles. The van der Waals surface area contributed by atoms with Gasteiger partial charge in [-0.3, -0.25) is 0 Å². The summed E-state index contributed by atoms with van der Waals surface area (Å²) < 4.78 is 12.2. The molecule has 10 heteroatoms. The van der Waals surface area contributed by atoms with E-state index in [9.17, 15) is 0 Å². The van der Waals surface area contributed by atoms with Gasteiger partial charge in [-0.05, 0) is 47.5 Å². The van der Waals surface area contributed by atoms with Crippen LogP contribution < -0.4 is 0 Å². The van der Waals surface area contributed by atoms with Gasteiger partial charge in [-0.15, -0.1) is 0 Å². The van der Waals surface area contributed by atoms with Crippen LogP contribution in [0, 0.1) is 0 Å². The van der Waals surface area contributed by atoms with Crippen molar-refractivity contribution in [1.29, 1.82) is 0 Å². The van der Waals surface area contributed by atoms with Crippen molar-refractivity contribution in [3.8, 4) is 45.6 Å². The number of aromatic nitrogens is 6. The third-order valence-corrected chi connectivity index (χ3v) is 8.91. The zero-order valence-corrected chi connectivity index (χ0v) is 28.6. The van der Waals surface area contributed by atoms with Gasteiger partial charge in [0.15, 0.2) is 23.3 Å². The highest BCUT2D eigenvalue weighted by atomic mass is 35.5. The number of nitrogens with zero attached hydrogens (tertiary/aromatic N) is 6. The van der Waals surface area contributed by atoms with E-state index in [1.807, 2.05) is 146 Å². The van der Waals surface area contributed by atoms with Gasteiger partial charge in [0.1, 0.15) is 22.3 Å². The molecule has 10 aromatic rings. The Balaban J connectivity index is 0.000000138. The van der Waals surface area contributed by atoms with Gasteiger partial charge in [-0.1, -0.05) is 121 Å². The maximum atomic E-state index is 6.19. The predicted octanol–water partition coefficient (Wildman–Crippen LogP) is 11.5. The minimum absolute atomic E-state index is 0.155. The summed E-state index contributed by atoms with van der Waals surface area (Å²) in [7, 11) is 0. The van der Waals surface area contributed by atoms with Crippen molar-refractivity contribution in [3.05, 3.63) is 156 Å². The Labute approximate surface area is 306 Å². The summed E-state index contributed by atoms with van der Waals surface area (Å²) in [6.45, 7) is 0. The number of hydrogen-bond donors (Lipinski definition) is 0.